The van der Waals surface area contributed by atoms with Crippen LogP contribution in [-0.4, -0.2) is 6.04 Å². The molecule has 1 atom stereocenters. The van der Waals surface area contributed by atoms with Gasteiger partial charge in [-0.05, 0) is 40.9 Å². The van der Waals surface area contributed by atoms with Gasteiger partial charge in [-0.25, -0.2) is 0 Å². The second-order valence-corrected chi connectivity index (χ2v) is 6.03. The van der Waals surface area contributed by atoms with Crippen molar-refractivity contribution in [3.63, 3.8) is 0 Å². The molecule has 0 aliphatic rings. The molecule has 0 saturated heterocycles. The summed E-state index contributed by atoms with van der Waals surface area (Å²) >= 11 is 5.29. The lowest BCUT2D eigenvalue weighted by molar-refractivity contribution is 0.464. The van der Waals surface area contributed by atoms with E-state index in [4.69, 9.17) is 0 Å². The molecule has 1 N–H and O–H groups in total. The summed E-state index contributed by atoms with van der Waals surface area (Å²) in [6, 6.07) is 4.98. The quantitative estimate of drug-likeness (QED) is 0.822. The monoisotopic (exact) mass is 275 g/mol. The van der Waals surface area contributed by atoms with Crippen molar-refractivity contribution in [2.24, 2.45) is 0 Å². The second-order valence-electron chi connectivity index (χ2n) is 3.48. The molecule has 1 nitrogen and oxygen atoms in total. The van der Waals surface area contributed by atoms with Gasteiger partial charge in [-0.2, -0.15) is 0 Å². The van der Waals surface area contributed by atoms with Crippen LogP contribution in [0.15, 0.2) is 15.9 Å². The Morgan fingerprint density at radius 2 is 2.21 bits per heavy atom. The molecule has 0 spiro atoms. The first-order chi connectivity index (χ1) is 6.76. The Bertz CT molecular complexity index is 260. The average Bonchev–Trinajstić information content (AvgIpc) is 2.59. The van der Waals surface area contributed by atoms with Crippen LogP contribution in [-0.2, 0) is 6.54 Å². The summed E-state index contributed by atoms with van der Waals surface area (Å²) in [5.74, 6) is 0. The number of halogens is 1. The molecule has 0 fully saturated rings. The molecule has 14 heavy (non-hydrogen) atoms. The molecule has 0 saturated carbocycles. The zero-order chi connectivity index (χ0) is 10.4. The molecule has 0 aliphatic carbocycles. The van der Waals surface area contributed by atoms with Crippen LogP contribution < -0.4 is 5.32 Å². The summed E-state index contributed by atoms with van der Waals surface area (Å²) in [5.41, 5.74) is 0. The summed E-state index contributed by atoms with van der Waals surface area (Å²) in [4.78, 5) is 1.41. The van der Waals surface area contributed by atoms with Crippen LogP contribution in [0.1, 0.15) is 38.0 Å². The molecule has 3 heteroatoms. The maximum atomic E-state index is 3.59. The number of hydrogen-bond donors (Lipinski definition) is 1. The average molecular weight is 276 g/mol. The van der Waals surface area contributed by atoms with Gasteiger partial charge in [0.15, 0.2) is 0 Å². The van der Waals surface area contributed by atoms with Crippen molar-refractivity contribution in [3.05, 3.63) is 20.8 Å². The first-order valence-corrected chi connectivity index (χ1v) is 6.84. The third kappa shape index (κ3) is 4.11. The molecule has 1 rings (SSSR count). The van der Waals surface area contributed by atoms with Crippen molar-refractivity contribution in [2.45, 2.75) is 45.7 Å². The fourth-order valence-corrected chi connectivity index (χ4v) is 2.92. The van der Waals surface area contributed by atoms with Crippen molar-refractivity contribution in [1.82, 2.24) is 5.32 Å². The first-order valence-electron chi connectivity index (χ1n) is 5.23. The third-order valence-corrected chi connectivity index (χ3v) is 3.95. The van der Waals surface area contributed by atoms with Gasteiger partial charge in [0.2, 0.25) is 0 Å². The fraction of sp³-hybridized carbons (Fsp3) is 0.636. The Labute approximate surface area is 99.0 Å². The smallest absolute Gasteiger partial charge is 0.0701 e. The summed E-state index contributed by atoms with van der Waals surface area (Å²) in [6.45, 7) is 5.50. The van der Waals surface area contributed by atoms with Gasteiger partial charge in [-0.1, -0.05) is 20.3 Å². The predicted octanol–water partition coefficient (Wildman–Crippen LogP) is 4.18. The van der Waals surface area contributed by atoms with Gasteiger partial charge in [0, 0.05) is 17.5 Å². The molecule has 1 aromatic rings. The largest absolute Gasteiger partial charge is 0.309 e. The lowest BCUT2D eigenvalue weighted by atomic mass is 10.1. The highest BCUT2D eigenvalue weighted by Crippen LogP contribution is 2.22. The van der Waals surface area contributed by atoms with Crippen LogP contribution >= 0.6 is 27.3 Å². The second kappa shape index (κ2) is 6.59. The molecule has 1 unspecified atom stereocenters. The molecule has 0 bridgehead atoms. The van der Waals surface area contributed by atoms with Gasteiger partial charge in [-0.15, -0.1) is 11.3 Å². The van der Waals surface area contributed by atoms with E-state index >= 15 is 0 Å². The van der Waals surface area contributed by atoms with E-state index in [0.29, 0.717) is 6.04 Å². The fourth-order valence-electron chi connectivity index (χ4n) is 1.49. The van der Waals surface area contributed by atoms with E-state index < -0.39 is 0 Å². The molecule has 80 valence electrons. The molecule has 0 aromatic carbocycles. The predicted molar refractivity (Wildman–Crippen MR) is 67.8 cm³/mol. The molecule has 0 amide bonds. The van der Waals surface area contributed by atoms with E-state index in [-0.39, 0.29) is 0 Å². The van der Waals surface area contributed by atoms with Crippen molar-refractivity contribution >= 4 is 27.3 Å². The van der Waals surface area contributed by atoms with Crippen LogP contribution in [0.4, 0.5) is 0 Å². The number of thiophene rings is 1. The summed E-state index contributed by atoms with van der Waals surface area (Å²) in [7, 11) is 0. The maximum Gasteiger partial charge on any atom is 0.0701 e. The zero-order valence-electron chi connectivity index (χ0n) is 8.85. The first kappa shape index (κ1) is 12.2. The van der Waals surface area contributed by atoms with Crippen molar-refractivity contribution in [1.29, 1.82) is 0 Å². The zero-order valence-corrected chi connectivity index (χ0v) is 11.2. The minimum Gasteiger partial charge on any atom is -0.309 e. The third-order valence-electron chi connectivity index (χ3n) is 2.32. The topological polar surface area (TPSA) is 12.0 Å². The highest BCUT2D eigenvalue weighted by atomic mass is 79.9. The molecule has 1 heterocycles. The van der Waals surface area contributed by atoms with Crippen LogP contribution in [0.25, 0.3) is 0 Å². The van der Waals surface area contributed by atoms with Gasteiger partial charge in [0.25, 0.3) is 0 Å². The maximum absolute atomic E-state index is 3.59. The van der Waals surface area contributed by atoms with E-state index in [2.05, 4.69) is 47.2 Å². The van der Waals surface area contributed by atoms with Crippen LogP contribution in [0.3, 0.4) is 0 Å². The summed E-state index contributed by atoms with van der Waals surface area (Å²) < 4.78 is 1.22. The SMILES string of the molecule is CCCC(CC)NCc1ccc(Br)s1. The van der Waals surface area contributed by atoms with Gasteiger partial charge in [0.05, 0.1) is 3.79 Å². The Morgan fingerprint density at radius 3 is 2.71 bits per heavy atom. The lowest BCUT2D eigenvalue weighted by Gasteiger charge is -2.14. The van der Waals surface area contributed by atoms with Crippen molar-refractivity contribution in [2.75, 3.05) is 0 Å². The summed E-state index contributed by atoms with van der Waals surface area (Å²) in [5, 5.41) is 3.59. The lowest BCUT2D eigenvalue weighted by Crippen LogP contribution is -2.27. The van der Waals surface area contributed by atoms with Gasteiger partial charge < -0.3 is 5.32 Å². The number of nitrogens with one attached hydrogen (secondary N) is 1. The van der Waals surface area contributed by atoms with E-state index in [0.717, 1.165) is 6.54 Å². The Kier molecular flexibility index (Phi) is 5.75. The van der Waals surface area contributed by atoms with Crippen molar-refractivity contribution < 1.29 is 0 Å². The van der Waals surface area contributed by atoms with Gasteiger partial charge >= 0.3 is 0 Å². The Balaban J connectivity index is 2.31. The van der Waals surface area contributed by atoms with E-state index in [1.807, 2.05) is 11.3 Å². The molecule has 0 radical (unpaired) electrons. The van der Waals surface area contributed by atoms with E-state index in [1.165, 1.54) is 27.9 Å². The minimum absolute atomic E-state index is 0.681. The standard InChI is InChI=1S/C11H18BrNS/c1-3-5-9(4-2)13-8-10-6-7-11(12)14-10/h6-7,9,13H,3-5,8H2,1-2H3. The highest BCUT2D eigenvalue weighted by molar-refractivity contribution is 9.11. The molecular formula is C11H18BrNS. The minimum atomic E-state index is 0.681. The normalized spacial score (nSPS) is 13.1. The highest BCUT2D eigenvalue weighted by Gasteiger charge is 2.04. The molecular weight excluding hydrogens is 258 g/mol. The van der Waals surface area contributed by atoms with E-state index in [9.17, 15) is 0 Å². The van der Waals surface area contributed by atoms with Gasteiger partial charge in [0.1, 0.15) is 0 Å². The van der Waals surface area contributed by atoms with Gasteiger partial charge in [-0.3, -0.25) is 0 Å². The van der Waals surface area contributed by atoms with Crippen molar-refractivity contribution in [3.8, 4) is 0 Å². The van der Waals surface area contributed by atoms with E-state index in [1.54, 1.807) is 0 Å². The van der Waals surface area contributed by atoms with Crippen LogP contribution in [0.5, 0.6) is 0 Å². The number of rotatable bonds is 6. The molecule has 1 aromatic heterocycles. The Morgan fingerprint density at radius 1 is 1.43 bits per heavy atom. The van der Waals surface area contributed by atoms with Crippen LogP contribution in [0.2, 0.25) is 0 Å². The molecule has 0 aliphatic heterocycles. The summed E-state index contributed by atoms with van der Waals surface area (Å²) in [6.07, 6.45) is 3.77. The Hall–Kier alpha value is 0.140. The number of hydrogen-bond acceptors (Lipinski definition) is 2. The van der Waals surface area contributed by atoms with Crippen LogP contribution in [0, 0.1) is 0 Å².